The molecule has 6 nitrogen and oxygen atoms in total. The molecule has 0 unspecified atom stereocenters. The highest BCUT2D eigenvalue weighted by atomic mass is 32.1. The molecular formula is C18H18FN5OS. The molecule has 0 saturated heterocycles. The van der Waals surface area contributed by atoms with Crippen LogP contribution in [0.3, 0.4) is 0 Å². The SMILES string of the molecule is COc1ccc(C)cc1NC(=S)Nc1ncn(Cc2cccc(F)c2)n1. The molecule has 3 aromatic rings. The normalized spacial score (nSPS) is 10.4. The minimum Gasteiger partial charge on any atom is -0.495 e. The zero-order valence-electron chi connectivity index (χ0n) is 14.4. The molecule has 0 aliphatic carbocycles. The number of hydrogen-bond donors (Lipinski definition) is 2. The molecule has 134 valence electrons. The quantitative estimate of drug-likeness (QED) is 0.668. The summed E-state index contributed by atoms with van der Waals surface area (Å²) in [5.41, 5.74) is 2.63. The summed E-state index contributed by atoms with van der Waals surface area (Å²) in [4.78, 5) is 4.16. The minimum atomic E-state index is -0.279. The van der Waals surface area contributed by atoms with Crippen molar-refractivity contribution in [2.75, 3.05) is 17.7 Å². The van der Waals surface area contributed by atoms with Crippen LogP contribution >= 0.6 is 12.2 Å². The number of ether oxygens (including phenoxy) is 1. The number of hydrogen-bond acceptors (Lipinski definition) is 4. The number of nitrogens with zero attached hydrogens (tertiary/aromatic N) is 3. The van der Waals surface area contributed by atoms with Gasteiger partial charge in [0.15, 0.2) is 5.11 Å². The van der Waals surface area contributed by atoms with Crippen molar-refractivity contribution in [3.8, 4) is 5.75 Å². The molecule has 0 spiro atoms. The fourth-order valence-electron chi connectivity index (χ4n) is 2.43. The highest BCUT2D eigenvalue weighted by molar-refractivity contribution is 7.80. The van der Waals surface area contributed by atoms with E-state index in [0.29, 0.717) is 23.4 Å². The second kappa shape index (κ2) is 7.92. The Labute approximate surface area is 156 Å². The average molecular weight is 371 g/mol. The summed E-state index contributed by atoms with van der Waals surface area (Å²) < 4.78 is 20.2. The molecule has 0 radical (unpaired) electrons. The third kappa shape index (κ3) is 4.54. The number of benzene rings is 2. The number of methoxy groups -OCH3 is 1. The molecule has 0 amide bonds. The van der Waals surface area contributed by atoms with E-state index < -0.39 is 0 Å². The van der Waals surface area contributed by atoms with Crippen LogP contribution in [-0.4, -0.2) is 27.0 Å². The van der Waals surface area contributed by atoms with E-state index in [0.717, 1.165) is 16.8 Å². The summed E-state index contributed by atoms with van der Waals surface area (Å²) in [5, 5.41) is 10.6. The van der Waals surface area contributed by atoms with Crippen molar-refractivity contribution >= 4 is 29.0 Å². The molecule has 3 rings (SSSR count). The van der Waals surface area contributed by atoms with Gasteiger partial charge in [0.05, 0.1) is 19.3 Å². The topological polar surface area (TPSA) is 64.0 Å². The predicted octanol–water partition coefficient (Wildman–Crippen LogP) is 3.59. The molecule has 8 heteroatoms. The Kier molecular flexibility index (Phi) is 5.43. The monoisotopic (exact) mass is 371 g/mol. The summed E-state index contributed by atoms with van der Waals surface area (Å²) in [6.45, 7) is 2.40. The van der Waals surface area contributed by atoms with Crippen LogP contribution in [0.4, 0.5) is 16.0 Å². The van der Waals surface area contributed by atoms with Gasteiger partial charge in [-0.25, -0.2) is 14.1 Å². The van der Waals surface area contributed by atoms with Crippen LogP contribution in [0.1, 0.15) is 11.1 Å². The summed E-state index contributed by atoms with van der Waals surface area (Å²) in [7, 11) is 1.60. The third-order valence-electron chi connectivity index (χ3n) is 3.60. The van der Waals surface area contributed by atoms with Gasteiger partial charge in [-0.15, -0.1) is 5.10 Å². The first-order valence-electron chi connectivity index (χ1n) is 7.90. The molecule has 0 aliphatic heterocycles. The second-order valence-electron chi connectivity index (χ2n) is 5.68. The summed E-state index contributed by atoms with van der Waals surface area (Å²) in [6.07, 6.45) is 1.56. The molecule has 0 aliphatic rings. The molecule has 0 fully saturated rings. The van der Waals surface area contributed by atoms with Crippen molar-refractivity contribution in [3.63, 3.8) is 0 Å². The van der Waals surface area contributed by atoms with Crippen molar-refractivity contribution in [1.82, 2.24) is 14.8 Å². The number of thiocarbonyl (C=S) groups is 1. The van der Waals surface area contributed by atoms with Crippen molar-refractivity contribution in [3.05, 3.63) is 65.7 Å². The lowest BCUT2D eigenvalue weighted by Gasteiger charge is -2.12. The van der Waals surface area contributed by atoms with Gasteiger partial charge >= 0.3 is 0 Å². The van der Waals surface area contributed by atoms with Crippen molar-refractivity contribution < 1.29 is 9.13 Å². The van der Waals surface area contributed by atoms with Crippen LogP contribution in [0.5, 0.6) is 5.75 Å². The summed E-state index contributed by atoms with van der Waals surface area (Å²) >= 11 is 5.31. The number of aryl methyl sites for hydroxylation is 1. The third-order valence-corrected chi connectivity index (χ3v) is 3.80. The van der Waals surface area contributed by atoms with E-state index in [4.69, 9.17) is 17.0 Å². The highest BCUT2D eigenvalue weighted by Crippen LogP contribution is 2.25. The zero-order chi connectivity index (χ0) is 18.5. The molecule has 26 heavy (non-hydrogen) atoms. The van der Waals surface area contributed by atoms with Gasteiger partial charge in [0.2, 0.25) is 5.95 Å². The largest absolute Gasteiger partial charge is 0.495 e. The molecule has 0 atom stereocenters. The number of rotatable bonds is 5. The number of anilines is 2. The second-order valence-corrected chi connectivity index (χ2v) is 6.09. The van der Waals surface area contributed by atoms with Gasteiger partial charge in [-0.05, 0) is 54.5 Å². The molecule has 0 saturated carbocycles. The van der Waals surface area contributed by atoms with Gasteiger partial charge in [-0.2, -0.15) is 0 Å². The smallest absolute Gasteiger partial charge is 0.248 e. The van der Waals surface area contributed by atoms with E-state index in [9.17, 15) is 4.39 Å². The zero-order valence-corrected chi connectivity index (χ0v) is 15.2. The number of nitrogens with one attached hydrogen (secondary N) is 2. The van der Waals surface area contributed by atoms with E-state index in [2.05, 4.69) is 20.7 Å². The van der Waals surface area contributed by atoms with Crippen LogP contribution in [0.2, 0.25) is 0 Å². The standard InChI is InChI=1S/C18H18FN5OS/c1-12-6-7-16(25-2)15(8-12)21-18(26)22-17-20-11-24(23-17)10-13-4-3-5-14(19)9-13/h3-9,11H,10H2,1-2H3,(H2,21,22,23,26). The Morgan fingerprint density at radius 1 is 1.23 bits per heavy atom. The van der Waals surface area contributed by atoms with Gasteiger partial charge in [0.25, 0.3) is 0 Å². The van der Waals surface area contributed by atoms with Crippen LogP contribution < -0.4 is 15.4 Å². The van der Waals surface area contributed by atoms with Gasteiger partial charge in [-0.1, -0.05) is 18.2 Å². The summed E-state index contributed by atoms with van der Waals surface area (Å²) in [6, 6.07) is 12.1. The Morgan fingerprint density at radius 3 is 2.85 bits per heavy atom. The Bertz CT molecular complexity index is 927. The van der Waals surface area contributed by atoms with Crippen molar-refractivity contribution in [2.24, 2.45) is 0 Å². The Balaban J connectivity index is 1.64. The minimum absolute atomic E-state index is 0.279. The lowest BCUT2D eigenvalue weighted by Crippen LogP contribution is -2.20. The average Bonchev–Trinajstić information content (AvgIpc) is 3.01. The molecule has 0 bridgehead atoms. The van der Waals surface area contributed by atoms with E-state index in [-0.39, 0.29) is 5.82 Å². The van der Waals surface area contributed by atoms with E-state index in [1.807, 2.05) is 31.2 Å². The Morgan fingerprint density at radius 2 is 2.08 bits per heavy atom. The molecule has 2 aromatic carbocycles. The number of halogens is 1. The molecular weight excluding hydrogens is 353 g/mol. The van der Waals surface area contributed by atoms with Crippen LogP contribution in [-0.2, 0) is 6.54 Å². The first kappa shape index (κ1) is 17.8. The van der Waals surface area contributed by atoms with Crippen molar-refractivity contribution in [2.45, 2.75) is 13.5 Å². The maximum Gasteiger partial charge on any atom is 0.248 e. The van der Waals surface area contributed by atoms with E-state index >= 15 is 0 Å². The van der Waals surface area contributed by atoms with Crippen molar-refractivity contribution in [1.29, 1.82) is 0 Å². The first-order valence-corrected chi connectivity index (χ1v) is 8.31. The maximum absolute atomic E-state index is 13.3. The van der Waals surface area contributed by atoms with Gasteiger partial charge in [0, 0.05) is 0 Å². The Hall–Kier alpha value is -3.00. The molecule has 1 heterocycles. The van der Waals surface area contributed by atoms with Gasteiger partial charge in [-0.3, -0.25) is 5.32 Å². The lowest BCUT2D eigenvalue weighted by atomic mass is 10.2. The fourth-order valence-corrected chi connectivity index (χ4v) is 2.63. The lowest BCUT2D eigenvalue weighted by molar-refractivity contribution is 0.417. The van der Waals surface area contributed by atoms with Gasteiger partial charge in [0.1, 0.15) is 17.9 Å². The van der Waals surface area contributed by atoms with Gasteiger partial charge < -0.3 is 10.1 Å². The van der Waals surface area contributed by atoms with Crippen LogP contribution in [0.15, 0.2) is 48.8 Å². The van der Waals surface area contributed by atoms with E-state index in [1.165, 1.54) is 12.1 Å². The summed E-state index contributed by atoms with van der Waals surface area (Å²) in [5.74, 6) is 0.758. The highest BCUT2D eigenvalue weighted by Gasteiger charge is 2.08. The predicted molar refractivity (Wildman–Crippen MR) is 103 cm³/mol. The van der Waals surface area contributed by atoms with Crippen LogP contribution in [0, 0.1) is 12.7 Å². The van der Waals surface area contributed by atoms with E-state index in [1.54, 1.807) is 24.2 Å². The molecule has 2 N–H and O–H groups in total. The first-order chi connectivity index (χ1) is 12.5. The van der Waals surface area contributed by atoms with Crippen LogP contribution in [0.25, 0.3) is 0 Å². The fraction of sp³-hybridized carbons (Fsp3) is 0.167. The maximum atomic E-state index is 13.3. The molecule has 1 aromatic heterocycles. The number of aromatic nitrogens is 3.